The molecule has 0 fully saturated rings. The van der Waals surface area contributed by atoms with Crippen LogP contribution in [-0.2, 0) is 9.53 Å². The Morgan fingerprint density at radius 1 is 0.963 bits per heavy atom. The van der Waals surface area contributed by atoms with Gasteiger partial charge >= 0.3 is 5.97 Å². The van der Waals surface area contributed by atoms with Crippen molar-refractivity contribution in [3.8, 4) is 11.5 Å². The molecule has 7 nitrogen and oxygen atoms in total. The van der Waals surface area contributed by atoms with Crippen molar-refractivity contribution < 1.29 is 33.0 Å². The Morgan fingerprint density at radius 2 is 1.63 bits per heavy atom. The van der Waals surface area contributed by atoms with E-state index in [4.69, 9.17) is 14.2 Å². The van der Waals surface area contributed by atoms with Crippen molar-refractivity contribution in [3.05, 3.63) is 59.4 Å². The lowest BCUT2D eigenvalue weighted by atomic mass is 10.1. The Morgan fingerprint density at radius 3 is 2.22 bits per heavy atom. The van der Waals surface area contributed by atoms with Gasteiger partial charge in [0.05, 0.1) is 14.2 Å². The second kappa shape index (κ2) is 9.33. The van der Waals surface area contributed by atoms with E-state index in [1.165, 1.54) is 44.6 Å². The summed E-state index contributed by atoms with van der Waals surface area (Å²) in [6.45, 7) is -0.986. The van der Waals surface area contributed by atoms with E-state index in [2.05, 4.69) is 5.32 Å². The van der Waals surface area contributed by atoms with Crippen molar-refractivity contribution in [2.24, 2.45) is 0 Å². The predicted molar refractivity (Wildman–Crippen MR) is 93.6 cm³/mol. The molecule has 1 amide bonds. The van der Waals surface area contributed by atoms with Crippen molar-refractivity contribution in [1.82, 2.24) is 5.32 Å². The summed E-state index contributed by atoms with van der Waals surface area (Å²) in [6.07, 6.45) is 0. The molecule has 0 saturated heterocycles. The highest BCUT2D eigenvalue weighted by atomic mass is 19.1. The van der Waals surface area contributed by atoms with Crippen LogP contribution in [0.4, 0.5) is 4.39 Å². The van der Waals surface area contributed by atoms with E-state index < -0.39 is 36.6 Å². The van der Waals surface area contributed by atoms with E-state index in [9.17, 15) is 18.8 Å². The average Bonchev–Trinajstić information content (AvgIpc) is 2.69. The summed E-state index contributed by atoms with van der Waals surface area (Å²) < 4.78 is 28.0. The number of halogens is 1. The van der Waals surface area contributed by atoms with Crippen LogP contribution in [-0.4, -0.2) is 45.0 Å². The number of ketones is 1. The van der Waals surface area contributed by atoms with E-state index >= 15 is 0 Å². The van der Waals surface area contributed by atoms with Crippen molar-refractivity contribution in [2.75, 3.05) is 27.4 Å². The van der Waals surface area contributed by atoms with Crippen LogP contribution >= 0.6 is 0 Å². The van der Waals surface area contributed by atoms with Crippen molar-refractivity contribution in [1.29, 1.82) is 0 Å². The zero-order valence-corrected chi connectivity index (χ0v) is 14.8. The number of nitrogens with one attached hydrogen (secondary N) is 1. The molecule has 8 heteroatoms. The normalized spacial score (nSPS) is 10.0. The Bertz CT molecular complexity index is 830. The molecular formula is C19H18FNO6. The van der Waals surface area contributed by atoms with Crippen LogP contribution in [0.15, 0.2) is 42.5 Å². The third-order valence-corrected chi connectivity index (χ3v) is 3.52. The highest BCUT2D eigenvalue weighted by molar-refractivity contribution is 5.99. The zero-order chi connectivity index (χ0) is 19.8. The summed E-state index contributed by atoms with van der Waals surface area (Å²) in [5.74, 6) is -1.62. The number of methoxy groups -OCH3 is 2. The summed E-state index contributed by atoms with van der Waals surface area (Å²) >= 11 is 0. The molecule has 0 bridgehead atoms. The molecule has 0 radical (unpaired) electrons. The van der Waals surface area contributed by atoms with E-state index in [-0.39, 0.29) is 11.1 Å². The smallest absolute Gasteiger partial charge is 0.325 e. The lowest BCUT2D eigenvalue weighted by molar-refractivity contribution is -0.141. The van der Waals surface area contributed by atoms with Gasteiger partial charge < -0.3 is 19.5 Å². The fraction of sp³-hybridized carbons (Fsp3) is 0.211. The van der Waals surface area contributed by atoms with Gasteiger partial charge in [-0.2, -0.15) is 0 Å². The molecule has 0 spiro atoms. The number of ether oxygens (including phenoxy) is 3. The number of Topliss-reactive ketones (excluding diaryl/α,β-unsaturated/α-hetero) is 1. The maximum atomic E-state index is 13.1. The van der Waals surface area contributed by atoms with Gasteiger partial charge in [-0.05, 0) is 24.3 Å². The molecule has 0 aliphatic heterocycles. The second-order valence-electron chi connectivity index (χ2n) is 5.38. The van der Waals surface area contributed by atoms with Crippen molar-refractivity contribution in [2.45, 2.75) is 0 Å². The van der Waals surface area contributed by atoms with E-state index in [0.717, 1.165) is 6.07 Å². The Hall–Kier alpha value is -3.42. The topological polar surface area (TPSA) is 90.9 Å². The van der Waals surface area contributed by atoms with Gasteiger partial charge in [0.1, 0.15) is 23.9 Å². The number of hydrogen-bond donors (Lipinski definition) is 1. The van der Waals surface area contributed by atoms with Gasteiger partial charge in [-0.3, -0.25) is 14.4 Å². The number of esters is 1. The van der Waals surface area contributed by atoms with E-state index in [1.54, 1.807) is 6.07 Å². The van der Waals surface area contributed by atoms with Gasteiger partial charge in [0, 0.05) is 17.2 Å². The van der Waals surface area contributed by atoms with Crippen LogP contribution < -0.4 is 14.8 Å². The standard InChI is InChI=1S/C19H18FNO6/c1-25-15-7-13(8-16(9-15)26-2)19(24)21-10-18(23)27-11-17(22)12-4-3-5-14(20)6-12/h3-9H,10-11H2,1-2H3,(H,21,24). The molecule has 142 valence electrons. The van der Waals surface area contributed by atoms with Gasteiger partial charge in [0.15, 0.2) is 12.4 Å². The molecule has 0 unspecified atom stereocenters. The molecule has 0 aliphatic rings. The molecule has 2 aromatic rings. The van der Waals surface area contributed by atoms with Crippen LogP contribution in [0.5, 0.6) is 11.5 Å². The Labute approximate surface area is 155 Å². The van der Waals surface area contributed by atoms with Crippen molar-refractivity contribution >= 4 is 17.7 Å². The monoisotopic (exact) mass is 375 g/mol. The molecule has 0 aliphatic carbocycles. The summed E-state index contributed by atoms with van der Waals surface area (Å²) in [5.41, 5.74) is 0.324. The highest BCUT2D eigenvalue weighted by Gasteiger charge is 2.14. The largest absolute Gasteiger partial charge is 0.497 e. The number of amides is 1. The summed E-state index contributed by atoms with van der Waals surface area (Å²) in [6, 6.07) is 9.61. The summed E-state index contributed by atoms with van der Waals surface area (Å²) in [7, 11) is 2.90. The Kier molecular flexibility index (Phi) is 6.87. The maximum Gasteiger partial charge on any atom is 0.325 e. The van der Waals surface area contributed by atoms with Crippen LogP contribution in [0.3, 0.4) is 0 Å². The minimum atomic E-state index is -0.803. The minimum absolute atomic E-state index is 0.0929. The van der Waals surface area contributed by atoms with Crippen LogP contribution in [0, 0.1) is 5.82 Å². The molecule has 0 aromatic heterocycles. The predicted octanol–water partition coefficient (Wildman–Crippen LogP) is 2.00. The second-order valence-corrected chi connectivity index (χ2v) is 5.38. The number of carbonyl (C=O) groups excluding carboxylic acids is 3. The first kappa shape index (κ1) is 19.9. The molecule has 2 rings (SSSR count). The molecule has 2 aromatic carbocycles. The van der Waals surface area contributed by atoms with Gasteiger partial charge in [-0.25, -0.2) is 4.39 Å². The lowest BCUT2D eigenvalue weighted by Crippen LogP contribution is -2.31. The molecule has 0 heterocycles. The number of rotatable bonds is 8. The van der Waals surface area contributed by atoms with Gasteiger partial charge in [0.25, 0.3) is 5.91 Å². The van der Waals surface area contributed by atoms with Crippen LogP contribution in [0.1, 0.15) is 20.7 Å². The molecule has 1 N–H and O–H groups in total. The SMILES string of the molecule is COc1cc(OC)cc(C(=O)NCC(=O)OCC(=O)c2cccc(F)c2)c1. The highest BCUT2D eigenvalue weighted by Crippen LogP contribution is 2.22. The summed E-state index contributed by atoms with van der Waals surface area (Å²) in [4.78, 5) is 35.7. The molecular weight excluding hydrogens is 357 g/mol. The van der Waals surface area contributed by atoms with Crippen LogP contribution in [0.25, 0.3) is 0 Å². The first-order chi connectivity index (χ1) is 12.9. The molecule has 27 heavy (non-hydrogen) atoms. The third kappa shape index (κ3) is 5.81. The quantitative estimate of drug-likeness (QED) is 0.561. The number of hydrogen-bond acceptors (Lipinski definition) is 6. The Balaban J connectivity index is 1.86. The van der Waals surface area contributed by atoms with Gasteiger partial charge in [-0.1, -0.05) is 12.1 Å². The maximum absolute atomic E-state index is 13.1. The third-order valence-electron chi connectivity index (χ3n) is 3.52. The van der Waals surface area contributed by atoms with E-state index in [1.807, 2.05) is 0 Å². The lowest BCUT2D eigenvalue weighted by Gasteiger charge is -2.09. The minimum Gasteiger partial charge on any atom is -0.497 e. The number of carbonyl (C=O) groups is 3. The molecule has 0 saturated carbocycles. The first-order valence-electron chi connectivity index (χ1n) is 7.88. The average molecular weight is 375 g/mol. The fourth-order valence-corrected chi connectivity index (χ4v) is 2.14. The van der Waals surface area contributed by atoms with Gasteiger partial charge in [-0.15, -0.1) is 0 Å². The van der Waals surface area contributed by atoms with Crippen LogP contribution in [0.2, 0.25) is 0 Å². The van der Waals surface area contributed by atoms with Gasteiger partial charge in [0.2, 0.25) is 0 Å². The summed E-state index contributed by atoms with van der Waals surface area (Å²) in [5, 5.41) is 2.38. The fourth-order valence-electron chi connectivity index (χ4n) is 2.14. The number of benzene rings is 2. The van der Waals surface area contributed by atoms with Crippen molar-refractivity contribution in [3.63, 3.8) is 0 Å². The van der Waals surface area contributed by atoms with E-state index in [0.29, 0.717) is 11.5 Å². The molecule has 0 atom stereocenters. The zero-order valence-electron chi connectivity index (χ0n) is 14.8. The first-order valence-corrected chi connectivity index (χ1v) is 7.88.